The number of hydrogen-bond acceptors (Lipinski definition) is 2. The monoisotopic (exact) mass is 336 g/mol. The summed E-state index contributed by atoms with van der Waals surface area (Å²) in [5.74, 6) is 0. The lowest BCUT2D eigenvalue weighted by Gasteiger charge is -2.05. The van der Waals surface area contributed by atoms with E-state index in [4.69, 9.17) is 0 Å². The van der Waals surface area contributed by atoms with Gasteiger partial charge in [0, 0.05) is 12.4 Å². The summed E-state index contributed by atoms with van der Waals surface area (Å²) in [5, 5.41) is 0. The molecule has 134 valence electrons. The lowest BCUT2D eigenvalue weighted by Crippen LogP contribution is -1.92. The van der Waals surface area contributed by atoms with Crippen molar-refractivity contribution >= 4 is 0 Å². The highest BCUT2D eigenvalue weighted by Gasteiger charge is 2.03. The molecule has 25 heavy (non-hydrogen) atoms. The molecular formula is C23H32N2. The predicted octanol–water partition coefficient (Wildman–Crippen LogP) is 6.69. The van der Waals surface area contributed by atoms with Crippen LogP contribution >= 0.6 is 0 Å². The fourth-order valence-corrected chi connectivity index (χ4v) is 3.09. The number of unbranched alkanes of at least 4 members (excludes halogenated alkanes) is 7. The van der Waals surface area contributed by atoms with Gasteiger partial charge in [0.25, 0.3) is 0 Å². The summed E-state index contributed by atoms with van der Waals surface area (Å²) in [6, 6.07) is 8.46. The van der Waals surface area contributed by atoms with E-state index in [2.05, 4.69) is 54.2 Å². The van der Waals surface area contributed by atoms with Gasteiger partial charge in [-0.05, 0) is 74.9 Å². The Kier molecular flexibility index (Phi) is 8.96. The van der Waals surface area contributed by atoms with E-state index in [1.165, 1.54) is 62.5 Å². The molecule has 0 amide bonds. The van der Waals surface area contributed by atoms with E-state index in [0.717, 1.165) is 17.8 Å². The van der Waals surface area contributed by atoms with Crippen molar-refractivity contribution in [2.24, 2.45) is 0 Å². The zero-order chi connectivity index (χ0) is 17.7. The Morgan fingerprint density at radius 3 is 2.16 bits per heavy atom. The zero-order valence-corrected chi connectivity index (χ0v) is 15.9. The molecule has 0 spiro atoms. The molecular weight excluding hydrogens is 304 g/mol. The van der Waals surface area contributed by atoms with E-state index in [1.54, 1.807) is 0 Å². The molecule has 0 radical (unpaired) electrons. The first-order valence-electron chi connectivity index (χ1n) is 9.78. The van der Waals surface area contributed by atoms with E-state index < -0.39 is 0 Å². The summed E-state index contributed by atoms with van der Waals surface area (Å²) in [6.45, 7) is 4.19. The lowest BCUT2D eigenvalue weighted by molar-refractivity contribution is 0.581. The molecule has 0 unspecified atom stereocenters. The summed E-state index contributed by atoms with van der Waals surface area (Å²) < 4.78 is 0. The molecule has 0 fully saturated rings. The number of allylic oxidation sites excluding steroid dienone is 2. The van der Waals surface area contributed by atoms with Crippen LogP contribution in [0.25, 0.3) is 11.4 Å². The zero-order valence-electron chi connectivity index (χ0n) is 15.9. The van der Waals surface area contributed by atoms with Crippen LogP contribution in [-0.2, 0) is 6.42 Å². The second kappa shape index (κ2) is 11.6. The van der Waals surface area contributed by atoms with Gasteiger partial charge in [-0.15, -0.1) is 0 Å². The first-order valence-corrected chi connectivity index (χ1v) is 9.78. The summed E-state index contributed by atoms with van der Waals surface area (Å²) in [5.41, 5.74) is 4.56. The molecule has 0 aliphatic heterocycles. The van der Waals surface area contributed by atoms with Gasteiger partial charge in [-0.1, -0.05) is 44.3 Å². The van der Waals surface area contributed by atoms with Crippen LogP contribution in [0, 0.1) is 6.92 Å². The Balaban J connectivity index is 1.66. The summed E-state index contributed by atoms with van der Waals surface area (Å²) in [7, 11) is 0. The van der Waals surface area contributed by atoms with E-state index in [1.807, 2.05) is 18.5 Å². The molecule has 2 aromatic rings. The lowest BCUT2D eigenvalue weighted by atomic mass is 10.0. The highest BCUT2D eigenvalue weighted by Crippen LogP contribution is 2.18. The van der Waals surface area contributed by atoms with Crippen molar-refractivity contribution in [3.63, 3.8) is 0 Å². The van der Waals surface area contributed by atoms with Gasteiger partial charge in [0.2, 0.25) is 0 Å². The van der Waals surface area contributed by atoms with Crippen molar-refractivity contribution in [2.75, 3.05) is 0 Å². The summed E-state index contributed by atoms with van der Waals surface area (Å²) in [4.78, 5) is 8.92. The summed E-state index contributed by atoms with van der Waals surface area (Å²) in [6.07, 6.45) is 20.0. The minimum Gasteiger partial charge on any atom is -0.255 e. The molecule has 2 heterocycles. The second-order valence-electron chi connectivity index (χ2n) is 6.85. The van der Waals surface area contributed by atoms with Gasteiger partial charge in [0.15, 0.2) is 0 Å². The molecule has 0 saturated carbocycles. The number of nitrogens with zero attached hydrogens (tertiary/aromatic N) is 2. The Labute approximate surface area is 153 Å². The molecule has 2 aromatic heterocycles. The minimum atomic E-state index is 0.972. The van der Waals surface area contributed by atoms with Gasteiger partial charge >= 0.3 is 0 Å². The normalized spacial score (nSPS) is 11.3. The molecule has 2 heteroatoms. The van der Waals surface area contributed by atoms with Crippen LogP contribution in [0.2, 0.25) is 0 Å². The highest BCUT2D eigenvalue weighted by atomic mass is 14.8. The fraction of sp³-hybridized carbons (Fsp3) is 0.478. The third-order valence-corrected chi connectivity index (χ3v) is 4.57. The molecule has 0 aromatic carbocycles. The number of hydrogen-bond donors (Lipinski definition) is 0. The Bertz CT molecular complexity index is 646. The first-order chi connectivity index (χ1) is 12.3. The number of rotatable bonds is 11. The van der Waals surface area contributed by atoms with E-state index in [-0.39, 0.29) is 0 Å². The third-order valence-electron chi connectivity index (χ3n) is 4.57. The predicted molar refractivity (Wildman–Crippen MR) is 108 cm³/mol. The molecule has 0 aliphatic rings. The topological polar surface area (TPSA) is 25.8 Å². The molecule has 0 atom stereocenters. The van der Waals surface area contributed by atoms with E-state index in [0.29, 0.717) is 0 Å². The van der Waals surface area contributed by atoms with Gasteiger partial charge in [-0.2, -0.15) is 0 Å². The van der Waals surface area contributed by atoms with Crippen LogP contribution in [0.5, 0.6) is 0 Å². The Morgan fingerprint density at radius 1 is 0.800 bits per heavy atom. The maximum atomic E-state index is 4.48. The average molecular weight is 337 g/mol. The molecule has 2 nitrogen and oxygen atoms in total. The molecule has 2 rings (SSSR count). The highest BCUT2D eigenvalue weighted by molar-refractivity contribution is 5.55. The van der Waals surface area contributed by atoms with Crippen molar-refractivity contribution in [1.29, 1.82) is 0 Å². The molecule has 0 aliphatic carbocycles. The second-order valence-corrected chi connectivity index (χ2v) is 6.85. The summed E-state index contributed by atoms with van der Waals surface area (Å²) >= 11 is 0. The quantitative estimate of drug-likeness (QED) is 0.337. The van der Waals surface area contributed by atoms with Gasteiger partial charge in [0.05, 0.1) is 11.4 Å². The van der Waals surface area contributed by atoms with Crippen LogP contribution in [0.1, 0.15) is 69.4 Å². The first kappa shape index (κ1) is 19.4. The van der Waals surface area contributed by atoms with Gasteiger partial charge in [-0.25, -0.2) is 0 Å². The maximum Gasteiger partial charge on any atom is 0.0888 e. The van der Waals surface area contributed by atoms with Crippen LogP contribution in [0.3, 0.4) is 0 Å². The Morgan fingerprint density at radius 2 is 1.44 bits per heavy atom. The van der Waals surface area contributed by atoms with Crippen LogP contribution in [-0.4, -0.2) is 9.97 Å². The van der Waals surface area contributed by atoms with E-state index >= 15 is 0 Å². The maximum absolute atomic E-state index is 4.48. The van der Waals surface area contributed by atoms with Crippen molar-refractivity contribution < 1.29 is 0 Å². The minimum absolute atomic E-state index is 0.972. The van der Waals surface area contributed by atoms with Crippen LogP contribution < -0.4 is 0 Å². The molecule has 0 saturated heterocycles. The Hall–Kier alpha value is -1.96. The third kappa shape index (κ3) is 7.64. The SMILES string of the molecule is C/C=C/CCCCCCCCCc1ccnc(-c2cc(C)ccn2)c1. The number of aryl methyl sites for hydroxylation is 2. The van der Waals surface area contributed by atoms with Crippen molar-refractivity contribution in [1.82, 2.24) is 9.97 Å². The van der Waals surface area contributed by atoms with Crippen LogP contribution in [0.15, 0.2) is 48.8 Å². The molecule has 0 N–H and O–H groups in total. The average Bonchev–Trinajstić information content (AvgIpc) is 2.63. The largest absolute Gasteiger partial charge is 0.255 e. The molecule has 0 bridgehead atoms. The van der Waals surface area contributed by atoms with Gasteiger partial charge in [0.1, 0.15) is 0 Å². The fourth-order valence-electron chi connectivity index (χ4n) is 3.09. The van der Waals surface area contributed by atoms with E-state index in [9.17, 15) is 0 Å². The van der Waals surface area contributed by atoms with Crippen LogP contribution in [0.4, 0.5) is 0 Å². The standard InChI is InChI=1S/C23H32N2/c1-3-4-5-6-7-8-9-10-11-12-13-21-15-17-25-23(19-21)22-18-20(2)14-16-24-22/h3-4,14-19H,5-13H2,1-2H3/b4-3+. The smallest absolute Gasteiger partial charge is 0.0888 e. The van der Waals surface area contributed by atoms with Gasteiger partial charge < -0.3 is 0 Å². The number of aromatic nitrogens is 2. The van der Waals surface area contributed by atoms with Crippen molar-refractivity contribution in [3.8, 4) is 11.4 Å². The number of pyridine rings is 2. The van der Waals surface area contributed by atoms with Crippen molar-refractivity contribution in [2.45, 2.75) is 71.6 Å². The van der Waals surface area contributed by atoms with Gasteiger partial charge in [-0.3, -0.25) is 9.97 Å². The van der Waals surface area contributed by atoms with Crippen molar-refractivity contribution in [3.05, 3.63) is 59.9 Å².